The Labute approximate surface area is 196 Å². The first-order valence-corrected chi connectivity index (χ1v) is 11.4. The molecule has 6 nitrogen and oxygen atoms in total. The molecule has 4 rings (SSSR count). The van der Waals surface area contributed by atoms with Crippen LogP contribution in [0.15, 0.2) is 42.5 Å². The standard InChI is InChI=1S/C25H28F3N3O3/c1-29-24(33)19-12-16(23(32)31-10-8-17-7-9-30-14-25(17,27)28)11-18-21(15-5-3-2-4-6-15)20(13-26)34-22(18)19/h2-6,11-12,17,20-21,30H,7-10,13-14H2,1H3,(H,29,33)(H,31,32)/t17?,20-,21+/m1/s1. The summed E-state index contributed by atoms with van der Waals surface area (Å²) >= 11 is 0. The first kappa shape index (κ1) is 24.1. The van der Waals surface area contributed by atoms with Crippen molar-refractivity contribution in [3.8, 4) is 5.75 Å². The average Bonchev–Trinajstić information content (AvgIpc) is 3.23. The third kappa shape index (κ3) is 4.75. The van der Waals surface area contributed by atoms with Gasteiger partial charge in [-0.05, 0) is 37.1 Å². The van der Waals surface area contributed by atoms with Gasteiger partial charge in [0.25, 0.3) is 17.7 Å². The summed E-state index contributed by atoms with van der Waals surface area (Å²) < 4.78 is 47.9. The van der Waals surface area contributed by atoms with Crippen LogP contribution in [0.1, 0.15) is 50.6 Å². The number of hydrogen-bond donors (Lipinski definition) is 3. The number of rotatable bonds is 7. The van der Waals surface area contributed by atoms with Crippen LogP contribution in [0.5, 0.6) is 5.75 Å². The lowest BCUT2D eigenvalue weighted by Crippen LogP contribution is -2.47. The summed E-state index contributed by atoms with van der Waals surface area (Å²) in [5.74, 6) is -4.82. The largest absolute Gasteiger partial charge is 0.486 e. The SMILES string of the molecule is CNC(=O)c1cc(C(=O)NCCC2CCNCC2(F)F)cc2c1O[C@H](CF)[C@H]2c1ccccc1. The third-order valence-corrected chi connectivity index (χ3v) is 6.54. The molecule has 9 heteroatoms. The normalized spacial score (nSPS) is 23.0. The number of hydrogen-bond acceptors (Lipinski definition) is 4. The molecular formula is C25H28F3N3O3. The van der Waals surface area contributed by atoms with Crippen LogP contribution in [0.25, 0.3) is 0 Å². The zero-order valence-electron chi connectivity index (χ0n) is 18.9. The second-order valence-corrected chi connectivity index (χ2v) is 8.69. The molecule has 2 aliphatic heterocycles. The molecule has 3 atom stereocenters. The van der Waals surface area contributed by atoms with Crippen molar-refractivity contribution in [2.75, 3.05) is 33.4 Å². The van der Waals surface area contributed by atoms with Gasteiger partial charge < -0.3 is 20.7 Å². The Balaban J connectivity index is 1.60. The lowest BCUT2D eigenvalue weighted by Gasteiger charge is -2.31. The molecule has 182 valence electrons. The molecule has 1 fully saturated rings. The quantitative estimate of drug-likeness (QED) is 0.575. The Hall–Kier alpha value is -3.07. The van der Waals surface area contributed by atoms with E-state index < -0.39 is 42.4 Å². The maximum atomic E-state index is 14.1. The molecule has 2 aliphatic rings. The van der Waals surface area contributed by atoms with E-state index in [-0.39, 0.29) is 36.4 Å². The minimum atomic E-state index is -2.81. The molecule has 0 bridgehead atoms. The van der Waals surface area contributed by atoms with Gasteiger partial charge in [-0.2, -0.15) is 0 Å². The third-order valence-electron chi connectivity index (χ3n) is 6.54. The molecule has 0 radical (unpaired) electrons. The predicted molar refractivity (Wildman–Crippen MR) is 121 cm³/mol. The van der Waals surface area contributed by atoms with Crippen molar-refractivity contribution in [3.63, 3.8) is 0 Å². The van der Waals surface area contributed by atoms with Crippen LogP contribution in [0.2, 0.25) is 0 Å². The molecule has 0 spiro atoms. The van der Waals surface area contributed by atoms with Crippen LogP contribution < -0.4 is 20.7 Å². The summed E-state index contributed by atoms with van der Waals surface area (Å²) in [6.07, 6.45) is -0.349. The van der Waals surface area contributed by atoms with Gasteiger partial charge in [-0.3, -0.25) is 9.59 Å². The summed E-state index contributed by atoms with van der Waals surface area (Å²) in [5.41, 5.74) is 1.67. The van der Waals surface area contributed by atoms with Crippen molar-refractivity contribution >= 4 is 11.8 Å². The molecule has 1 saturated heterocycles. The molecule has 2 amide bonds. The number of piperidine rings is 1. The van der Waals surface area contributed by atoms with Crippen LogP contribution in [-0.2, 0) is 0 Å². The van der Waals surface area contributed by atoms with E-state index in [2.05, 4.69) is 16.0 Å². The van der Waals surface area contributed by atoms with Crippen molar-refractivity contribution in [1.82, 2.24) is 16.0 Å². The summed E-state index contributed by atoms with van der Waals surface area (Å²) in [6.45, 7) is -0.529. The number of fused-ring (bicyclic) bond motifs is 1. The van der Waals surface area contributed by atoms with Crippen molar-refractivity contribution in [2.45, 2.75) is 30.8 Å². The van der Waals surface area contributed by atoms with E-state index in [4.69, 9.17) is 4.74 Å². The summed E-state index contributed by atoms with van der Waals surface area (Å²) in [5, 5.41) is 7.91. The smallest absolute Gasteiger partial charge is 0.263 e. The summed E-state index contributed by atoms with van der Waals surface area (Å²) in [6, 6.07) is 12.2. The van der Waals surface area contributed by atoms with Crippen LogP contribution in [0.4, 0.5) is 13.2 Å². The number of halogens is 3. The van der Waals surface area contributed by atoms with Gasteiger partial charge in [0.15, 0.2) is 0 Å². The number of carbonyl (C=O) groups excluding carboxylic acids is 2. The fourth-order valence-electron chi connectivity index (χ4n) is 4.75. The van der Waals surface area contributed by atoms with Gasteiger partial charge in [-0.1, -0.05) is 30.3 Å². The van der Waals surface area contributed by atoms with E-state index >= 15 is 0 Å². The fraction of sp³-hybridized carbons (Fsp3) is 0.440. The van der Waals surface area contributed by atoms with Crippen molar-refractivity contribution < 1.29 is 27.5 Å². The Kier molecular flexibility index (Phi) is 7.11. The monoisotopic (exact) mass is 475 g/mol. The minimum Gasteiger partial charge on any atom is -0.486 e. The van der Waals surface area contributed by atoms with E-state index in [9.17, 15) is 22.8 Å². The van der Waals surface area contributed by atoms with Crippen LogP contribution >= 0.6 is 0 Å². The molecule has 0 saturated carbocycles. The van der Waals surface area contributed by atoms with Crippen molar-refractivity contribution in [1.29, 1.82) is 0 Å². The molecule has 0 aromatic heterocycles. The number of amides is 2. The fourth-order valence-corrected chi connectivity index (χ4v) is 4.75. The molecule has 2 aromatic carbocycles. The van der Waals surface area contributed by atoms with Gasteiger partial charge in [-0.15, -0.1) is 0 Å². The first-order valence-electron chi connectivity index (χ1n) is 11.4. The van der Waals surface area contributed by atoms with Crippen LogP contribution in [0.3, 0.4) is 0 Å². The topological polar surface area (TPSA) is 79.5 Å². The highest BCUT2D eigenvalue weighted by molar-refractivity contribution is 6.02. The number of carbonyl (C=O) groups is 2. The highest BCUT2D eigenvalue weighted by Gasteiger charge is 2.41. The van der Waals surface area contributed by atoms with E-state index in [0.29, 0.717) is 18.5 Å². The molecule has 3 N–H and O–H groups in total. The van der Waals surface area contributed by atoms with Gasteiger partial charge in [-0.25, -0.2) is 13.2 Å². The zero-order valence-corrected chi connectivity index (χ0v) is 18.9. The van der Waals surface area contributed by atoms with E-state index in [1.54, 1.807) is 6.07 Å². The molecular weight excluding hydrogens is 447 g/mol. The summed E-state index contributed by atoms with van der Waals surface area (Å²) in [4.78, 5) is 25.5. The number of alkyl halides is 3. The highest BCUT2D eigenvalue weighted by atomic mass is 19.3. The maximum absolute atomic E-state index is 14.1. The molecule has 2 heterocycles. The Morgan fingerprint density at radius 1 is 1.18 bits per heavy atom. The Bertz CT molecular complexity index is 1050. The van der Waals surface area contributed by atoms with Gasteiger partial charge in [0, 0.05) is 30.6 Å². The van der Waals surface area contributed by atoms with Crippen molar-refractivity contribution in [2.24, 2.45) is 5.92 Å². The number of ether oxygens (including phenoxy) is 1. The summed E-state index contributed by atoms with van der Waals surface area (Å²) in [7, 11) is 1.46. The van der Waals surface area contributed by atoms with E-state index in [1.165, 1.54) is 13.1 Å². The Morgan fingerprint density at radius 3 is 2.62 bits per heavy atom. The molecule has 34 heavy (non-hydrogen) atoms. The first-order chi connectivity index (χ1) is 16.4. The number of benzene rings is 2. The van der Waals surface area contributed by atoms with E-state index in [1.807, 2.05) is 30.3 Å². The Morgan fingerprint density at radius 2 is 1.94 bits per heavy atom. The minimum absolute atomic E-state index is 0.0806. The lowest BCUT2D eigenvalue weighted by molar-refractivity contribution is -0.0754. The second-order valence-electron chi connectivity index (χ2n) is 8.69. The van der Waals surface area contributed by atoms with E-state index in [0.717, 1.165) is 5.56 Å². The maximum Gasteiger partial charge on any atom is 0.263 e. The van der Waals surface area contributed by atoms with Gasteiger partial charge >= 0.3 is 0 Å². The highest BCUT2D eigenvalue weighted by Crippen LogP contribution is 2.45. The molecule has 0 aliphatic carbocycles. The number of nitrogens with one attached hydrogen (secondary N) is 3. The van der Waals surface area contributed by atoms with Crippen molar-refractivity contribution in [3.05, 3.63) is 64.7 Å². The lowest BCUT2D eigenvalue weighted by atomic mass is 9.86. The molecule has 2 aromatic rings. The molecule has 1 unspecified atom stereocenters. The van der Waals surface area contributed by atoms with Gasteiger partial charge in [0.05, 0.1) is 18.0 Å². The predicted octanol–water partition coefficient (Wildman–Crippen LogP) is 3.27. The van der Waals surface area contributed by atoms with Crippen LogP contribution in [0, 0.1) is 5.92 Å². The van der Waals surface area contributed by atoms with Gasteiger partial charge in [0.2, 0.25) is 0 Å². The zero-order chi connectivity index (χ0) is 24.3. The van der Waals surface area contributed by atoms with Gasteiger partial charge in [0.1, 0.15) is 18.5 Å². The average molecular weight is 476 g/mol. The van der Waals surface area contributed by atoms with Crippen LogP contribution in [-0.4, -0.2) is 57.2 Å². The second kappa shape index (κ2) is 10.0.